The van der Waals surface area contributed by atoms with Crippen LogP contribution in [0.25, 0.3) is 22.4 Å². The summed E-state index contributed by atoms with van der Waals surface area (Å²) in [6, 6.07) is 6.16. The van der Waals surface area contributed by atoms with Gasteiger partial charge in [0.15, 0.2) is 16.9 Å². The van der Waals surface area contributed by atoms with Crippen molar-refractivity contribution in [3.8, 4) is 11.5 Å². The van der Waals surface area contributed by atoms with Crippen LogP contribution >= 0.6 is 11.6 Å². The Balaban J connectivity index is 1.83. The Labute approximate surface area is 212 Å². The van der Waals surface area contributed by atoms with Crippen LogP contribution in [0.5, 0.6) is 0 Å². The van der Waals surface area contributed by atoms with Gasteiger partial charge in [-0.25, -0.2) is 23.1 Å². The number of carbonyl (C=O) groups is 1. The molecule has 36 heavy (non-hydrogen) atoms. The van der Waals surface area contributed by atoms with Crippen LogP contribution in [-0.2, 0) is 17.1 Å². The van der Waals surface area contributed by atoms with Gasteiger partial charge in [0.1, 0.15) is 16.4 Å². The van der Waals surface area contributed by atoms with E-state index in [1.165, 1.54) is 12.1 Å². The van der Waals surface area contributed by atoms with Crippen LogP contribution in [0.2, 0.25) is 5.15 Å². The maximum atomic E-state index is 13.3. The Morgan fingerprint density at radius 3 is 2.58 bits per heavy atom. The Morgan fingerprint density at radius 2 is 1.94 bits per heavy atom. The average molecular weight is 530 g/mol. The normalized spacial score (nSPS) is 12.5. The third-order valence-corrected chi connectivity index (χ3v) is 6.29. The molecule has 188 valence electrons. The number of hydrogen-bond donors (Lipinski definition) is 2. The number of pyridine rings is 1. The number of benzene rings is 1. The minimum Gasteiger partial charge on any atom is -0.453 e. The lowest BCUT2D eigenvalue weighted by atomic mass is 9.99. The summed E-state index contributed by atoms with van der Waals surface area (Å²) in [5.41, 5.74) is 2.74. The Kier molecular flexibility index (Phi) is 6.63. The molecule has 0 fully saturated rings. The molecule has 3 heterocycles. The van der Waals surface area contributed by atoms with Crippen LogP contribution in [0, 0.1) is 13.8 Å². The summed E-state index contributed by atoms with van der Waals surface area (Å²) in [7, 11) is -2.00. The minimum absolute atomic E-state index is 0.0225. The summed E-state index contributed by atoms with van der Waals surface area (Å²) in [6.07, 6.45) is 4.25. The first-order valence-corrected chi connectivity index (χ1v) is 13.1. The fourth-order valence-electron chi connectivity index (χ4n) is 3.92. The molecule has 2 N–H and O–H groups in total. The number of anilines is 1. The van der Waals surface area contributed by atoms with Gasteiger partial charge in [-0.15, -0.1) is 0 Å². The molecule has 0 saturated carbocycles. The largest absolute Gasteiger partial charge is 0.453 e. The highest BCUT2D eigenvalue weighted by Gasteiger charge is 2.23. The van der Waals surface area contributed by atoms with Gasteiger partial charge < -0.3 is 14.3 Å². The molecule has 0 saturated heterocycles. The highest BCUT2D eigenvalue weighted by Crippen LogP contribution is 2.32. The molecule has 4 rings (SSSR count). The molecule has 0 aliphatic carbocycles. The summed E-state index contributed by atoms with van der Waals surface area (Å²) in [5.74, 6) is -0.560. The van der Waals surface area contributed by atoms with E-state index in [1.54, 1.807) is 30.1 Å². The third kappa shape index (κ3) is 5.12. The molecule has 1 atom stereocenters. The number of hydrogen-bond acceptors (Lipinski definition) is 8. The van der Waals surface area contributed by atoms with Crippen molar-refractivity contribution in [2.75, 3.05) is 11.6 Å². The first-order valence-electron chi connectivity index (χ1n) is 10.9. The van der Waals surface area contributed by atoms with Crippen LogP contribution in [-0.4, -0.2) is 35.1 Å². The number of halogens is 1. The predicted octanol–water partition coefficient (Wildman–Crippen LogP) is 3.72. The topological polar surface area (TPSA) is 136 Å². The lowest BCUT2D eigenvalue weighted by Gasteiger charge is -2.20. The summed E-state index contributed by atoms with van der Waals surface area (Å²) in [6.45, 7) is 5.39. The molecule has 0 bridgehead atoms. The first kappa shape index (κ1) is 25.4. The number of fused-ring (bicyclic) bond motifs is 1. The number of amides is 1. The number of aryl methyl sites for hydroxylation is 2. The molecule has 1 unspecified atom stereocenters. The smallest absolute Gasteiger partial charge is 0.285 e. The summed E-state index contributed by atoms with van der Waals surface area (Å²) in [5, 5.41) is 3.62. The molecule has 3 aromatic heterocycles. The monoisotopic (exact) mass is 529 g/mol. The molecule has 1 aromatic carbocycles. The summed E-state index contributed by atoms with van der Waals surface area (Å²) in [4.78, 5) is 34.2. The van der Waals surface area contributed by atoms with Crippen LogP contribution in [0.3, 0.4) is 0 Å². The van der Waals surface area contributed by atoms with Crippen LogP contribution < -0.4 is 15.5 Å². The molecule has 0 aliphatic rings. The Bertz CT molecular complexity index is 1680. The van der Waals surface area contributed by atoms with E-state index >= 15 is 0 Å². The highest BCUT2D eigenvalue weighted by atomic mass is 35.5. The SMILES string of the molecule is Cc1cc(C(C)Nc2ccc(Cl)nc2C(=O)NS(C)(=O)=O)c2oc(-c3cn(C)cn3)c(C)c(=O)c2c1. The Morgan fingerprint density at radius 1 is 1.22 bits per heavy atom. The number of rotatable bonds is 6. The molecule has 4 aromatic rings. The van der Waals surface area contributed by atoms with E-state index in [0.717, 1.165) is 11.8 Å². The van der Waals surface area contributed by atoms with Gasteiger partial charge in [0, 0.05) is 24.4 Å². The van der Waals surface area contributed by atoms with Crippen molar-refractivity contribution in [3.05, 3.63) is 74.6 Å². The lowest BCUT2D eigenvalue weighted by Crippen LogP contribution is -2.31. The van der Waals surface area contributed by atoms with E-state index < -0.39 is 22.0 Å². The zero-order valence-electron chi connectivity index (χ0n) is 20.2. The molecular weight excluding hydrogens is 506 g/mol. The van der Waals surface area contributed by atoms with Gasteiger partial charge in [0.05, 0.1) is 29.7 Å². The van der Waals surface area contributed by atoms with Crippen molar-refractivity contribution in [3.63, 3.8) is 0 Å². The van der Waals surface area contributed by atoms with Crippen LogP contribution in [0.15, 0.2) is 46.0 Å². The van der Waals surface area contributed by atoms with Gasteiger partial charge >= 0.3 is 0 Å². The van der Waals surface area contributed by atoms with E-state index in [0.29, 0.717) is 33.6 Å². The molecule has 10 nitrogen and oxygen atoms in total. The van der Waals surface area contributed by atoms with Gasteiger partial charge in [-0.1, -0.05) is 17.7 Å². The number of nitrogens with zero attached hydrogens (tertiary/aromatic N) is 3. The van der Waals surface area contributed by atoms with E-state index in [-0.39, 0.29) is 22.0 Å². The maximum Gasteiger partial charge on any atom is 0.285 e. The van der Waals surface area contributed by atoms with Gasteiger partial charge in [0.2, 0.25) is 10.0 Å². The fraction of sp³-hybridized carbons (Fsp3) is 0.250. The molecule has 0 aliphatic heterocycles. The fourth-order valence-corrected chi connectivity index (χ4v) is 4.50. The zero-order valence-corrected chi connectivity index (χ0v) is 21.8. The second kappa shape index (κ2) is 9.40. The number of aromatic nitrogens is 3. The van der Waals surface area contributed by atoms with Gasteiger partial charge in [-0.05, 0) is 44.5 Å². The molecule has 12 heteroatoms. The molecule has 1 amide bonds. The van der Waals surface area contributed by atoms with E-state index in [9.17, 15) is 18.0 Å². The highest BCUT2D eigenvalue weighted by molar-refractivity contribution is 7.89. The van der Waals surface area contributed by atoms with Gasteiger partial charge in [-0.3, -0.25) is 9.59 Å². The molecular formula is C24H24ClN5O5S. The van der Waals surface area contributed by atoms with Crippen molar-refractivity contribution in [2.24, 2.45) is 7.05 Å². The molecule has 0 radical (unpaired) electrons. The number of carbonyl (C=O) groups excluding carboxylic acids is 1. The summed E-state index contributed by atoms with van der Waals surface area (Å²) < 4.78 is 33.1. The average Bonchev–Trinajstić information content (AvgIpc) is 3.22. The van der Waals surface area contributed by atoms with Gasteiger partial charge in [0.25, 0.3) is 5.91 Å². The third-order valence-electron chi connectivity index (χ3n) is 5.52. The standard InChI is InChI=1S/C24H24ClN5O5S/c1-12-8-15(14(3)27-17-6-7-19(25)28-20(17)24(32)29-36(5,33)34)23-16(9-12)21(31)13(2)22(35-23)18-10-30(4)11-26-18/h6-11,14,27H,1-5H3,(H,29,32). The van der Waals surface area contributed by atoms with Gasteiger partial charge in [-0.2, -0.15) is 0 Å². The first-order chi connectivity index (χ1) is 16.8. The number of sulfonamides is 1. The second-order valence-corrected chi connectivity index (χ2v) is 10.8. The summed E-state index contributed by atoms with van der Waals surface area (Å²) >= 11 is 5.97. The predicted molar refractivity (Wildman–Crippen MR) is 138 cm³/mol. The van der Waals surface area contributed by atoms with E-state index in [1.807, 2.05) is 31.7 Å². The van der Waals surface area contributed by atoms with Crippen molar-refractivity contribution >= 4 is 44.2 Å². The van der Waals surface area contributed by atoms with Crippen LogP contribution in [0.1, 0.15) is 40.1 Å². The molecule has 0 spiro atoms. The van der Waals surface area contributed by atoms with Crippen molar-refractivity contribution in [1.82, 2.24) is 19.3 Å². The zero-order chi connectivity index (χ0) is 26.4. The Hall–Kier alpha value is -3.70. The minimum atomic E-state index is -3.82. The maximum absolute atomic E-state index is 13.3. The number of nitrogens with one attached hydrogen (secondary N) is 2. The van der Waals surface area contributed by atoms with E-state index in [2.05, 4.69) is 15.3 Å². The lowest BCUT2D eigenvalue weighted by molar-refractivity contribution is 0.0977. The van der Waals surface area contributed by atoms with Crippen LogP contribution in [0.4, 0.5) is 5.69 Å². The van der Waals surface area contributed by atoms with Crippen molar-refractivity contribution in [2.45, 2.75) is 26.8 Å². The quantitative estimate of drug-likeness (QED) is 0.361. The number of imidazole rings is 1. The second-order valence-electron chi connectivity index (χ2n) is 8.64. The van der Waals surface area contributed by atoms with Crippen molar-refractivity contribution < 1.29 is 17.6 Å². The van der Waals surface area contributed by atoms with Crippen molar-refractivity contribution in [1.29, 1.82) is 0 Å². The van der Waals surface area contributed by atoms with E-state index in [4.69, 9.17) is 16.0 Å².